The zero-order chi connectivity index (χ0) is 19.0. The highest BCUT2D eigenvalue weighted by Crippen LogP contribution is 2.44. The summed E-state index contributed by atoms with van der Waals surface area (Å²) in [5, 5.41) is 19.3. The van der Waals surface area contributed by atoms with Gasteiger partial charge in [0.1, 0.15) is 0 Å². The number of fused-ring (bicyclic) bond motifs is 3. The molecule has 2 aromatic rings. The van der Waals surface area contributed by atoms with Crippen LogP contribution < -0.4 is 9.47 Å². The molecule has 1 saturated carbocycles. The summed E-state index contributed by atoms with van der Waals surface area (Å²) in [6, 6.07) is 13.8. The van der Waals surface area contributed by atoms with E-state index in [-0.39, 0.29) is 18.1 Å². The summed E-state index contributed by atoms with van der Waals surface area (Å²) >= 11 is 0. The third-order valence-corrected chi connectivity index (χ3v) is 5.58. The molecule has 4 rings (SSSR count). The van der Waals surface area contributed by atoms with Crippen LogP contribution in [0.3, 0.4) is 0 Å². The van der Waals surface area contributed by atoms with Crippen LogP contribution in [-0.2, 0) is 0 Å². The van der Waals surface area contributed by atoms with Crippen LogP contribution in [0.1, 0.15) is 47.4 Å². The van der Waals surface area contributed by atoms with Gasteiger partial charge >= 0.3 is 0 Å². The summed E-state index contributed by atoms with van der Waals surface area (Å²) in [5.41, 5.74) is 4.67. The van der Waals surface area contributed by atoms with E-state index < -0.39 is 0 Å². The van der Waals surface area contributed by atoms with Crippen molar-refractivity contribution in [1.82, 2.24) is 0 Å². The van der Waals surface area contributed by atoms with E-state index in [4.69, 9.17) is 19.7 Å². The lowest BCUT2D eigenvalue weighted by atomic mass is 9.74. The average molecular weight is 362 g/mol. The maximum absolute atomic E-state index is 10.2. The van der Waals surface area contributed by atoms with Gasteiger partial charge in [0.05, 0.1) is 43.7 Å². The minimum absolute atomic E-state index is 0.143. The van der Waals surface area contributed by atoms with E-state index >= 15 is 0 Å². The summed E-state index contributed by atoms with van der Waals surface area (Å²) in [6.07, 6.45) is 2.05. The van der Waals surface area contributed by atoms with E-state index in [1.165, 1.54) is 0 Å². The fourth-order valence-electron chi connectivity index (χ4n) is 4.20. The van der Waals surface area contributed by atoms with Gasteiger partial charge in [0.25, 0.3) is 0 Å². The number of benzene rings is 2. The van der Waals surface area contributed by atoms with Crippen molar-refractivity contribution in [3.63, 3.8) is 0 Å². The molecule has 1 aliphatic heterocycles. The van der Waals surface area contributed by atoms with E-state index in [2.05, 4.69) is 6.07 Å². The van der Waals surface area contributed by atoms with Crippen molar-refractivity contribution in [2.75, 3.05) is 14.2 Å². The zero-order valence-corrected chi connectivity index (χ0v) is 15.5. The fraction of sp³-hybridized carbons (Fsp3) is 0.364. The van der Waals surface area contributed by atoms with Crippen LogP contribution >= 0.6 is 0 Å². The molecule has 27 heavy (non-hydrogen) atoms. The average Bonchev–Trinajstić information content (AvgIpc) is 2.72. The summed E-state index contributed by atoms with van der Waals surface area (Å²) < 4.78 is 11.0. The Labute approximate surface area is 158 Å². The lowest BCUT2D eigenvalue weighted by molar-refractivity contribution is 0.111. The van der Waals surface area contributed by atoms with Gasteiger partial charge in [-0.1, -0.05) is 12.1 Å². The van der Waals surface area contributed by atoms with E-state index in [0.29, 0.717) is 23.5 Å². The number of nitrogens with zero attached hydrogens (tertiary/aromatic N) is 2. The normalized spacial score (nSPS) is 23.5. The van der Waals surface area contributed by atoms with Crippen molar-refractivity contribution in [2.45, 2.75) is 37.3 Å². The summed E-state index contributed by atoms with van der Waals surface area (Å²) in [6.45, 7) is 0. The quantitative estimate of drug-likeness (QED) is 0.908. The minimum atomic E-state index is -0.293. The monoisotopic (exact) mass is 362 g/mol. The summed E-state index contributed by atoms with van der Waals surface area (Å²) in [5.74, 6) is 1.52. The van der Waals surface area contributed by atoms with E-state index in [0.717, 1.165) is 35.2 Å². The molecule has 1 fully saturated rings. The summed E-state index contributed by atoms with van der Waals surface area (Å²) in [4.78, 5) is 5.06. The topological polar surface area (TPSA) is 74.8 Å². The number of hydrogen-bond donors (Lipinski definition) is 1. The second-order valence-corrected chi connectivity index (χ2v) is 7.10. The highest BCUT2D eigenvalue weighted by Gasteiger charge is 2.37. The van der Waals surface area contributed by atoms with Crippen LogP contribution in [0.2, 0.25) is 0 Å². The number of aliphatic imine (C=N–C) groups is 1. The lowest BCUT2D eigenvalue weighted by Gasteiger charge is -2.37. The number of aliphatic hydroxyl groups excluding tert-OH is 1. The molecular weight excluding hydrogens is 340 g/mol. The van der Waals surface area contributed by atoms with Crippen molar-refractivity contribution in [1.29, 1.82) is 5.26 Å². The number of methoxy groups -OCH3 is 2. The van der Waals surface area contributed by atoms with E-state index in [1.54, 1.807) is 14.2 Å². The van der Waals surface area contributed by atoms with Gasteiger partial charge in [0.15, 0.2) is 11.5 Å². The van der Waals surface area contributed by atoms with Crippen LogP contribution in [0.25, 0.3) is 0 Å². The Hall–Kier alpha value is -2.84. The number of aliphatic hydroxyl groups is 1. The molecule has 3 unspecified atom stereocenters. The van der Waals surface area contributed by atoms with Gasteiger partial charge < -0.3 is 14.6 Å². The van der Waals surface area contributed by atoms with Gasteiger partial charge in [-0.3, -0.25) is 4.99 Å². The Morgan fingerprint density at radius 2 is 1.78 bits per heavy atom. The molecule has 0 aromatic heterocycles. The maximum Gasteiger partial charge on any atom is 0.161 e. The minimum Gasteiger partial charge on any atom is -0.493 e. The first-order chi connectivity index (χ1) is 13.1. The van der Waals surface area contributed by atoms with Crippen LogP contribution in [0.5, 0.6) is 11.5 Å². The van der Waals surface area contributed by atoms with E-state index in [1.807, 2.05) is 36.4 Å². The predicted molar refractivity (Wildman–Crippen MR) is 103 cm³/mol. The molecule has 3 atom stereocenters. The SMILES string of the molecule is COc1cc2c(cc1OC)C1CC(O)CCC1N=C2c1ccc(C#N)cc1. The standard InChI is InChI=1S/C22H22N2O3/c1-26-20-10-16-17-9-15(25)7-8-19(17)24-22(18(16)11-21(20)27-2)14-5-3-13(12-23)4-6-14/h3-6,10-11,15,17,19,25H,7-9H2,1-2H3. The largest absolute Gasteiger partial charge is 0.493 e. The second-order valence-electron chi connectivity index (χ2n) is 7.10. The van der Waals surface area contributed by atoms with Crippen molar-refractivity contribution >= 4 is 5.71 Å². The van der Waals surface area contributed by atoms with Gasteiger partial charge in [-0.05, 0) is 49.1 Å². The van der Waals surface area contributed by atoms with Crippen LogP contribution in [0.15, 0.2) is 41.4 Å². The van der Waals surface area contributed by atoms with Gasteiger partial charge in [0.2, 0.25) is 0 Å². The van der Waals surface area contributed by atoms with Crippen LogP contribution in [0, 0.1) is 11.3 Å². The smallest absolute Gasteiger partial charge is 0.161 e. The first kappa shape index (κ1) is 17.6. The zero-order valence-electron chi connectivity index (χ0n) is 15.5. The third-order valence-electron chi connectivity index (χ3n) is 5.58. The molecule has 0 saturated heterocycles. The highest BCUT2D eigenvalue weighted by molar-refractivity contribution is 6.15. The van der Waals surface area contributed by atoms with Gasteiger partial charge in [-0.15, -0.1) is 0 Å². The van der Waals surface area contributed by atoms with Crippen molar-refractivity contribution in [2.24, 2.45) is 4.99 Å². The number of nitriles is 1. The van der Waals surface area contributed by atoms with Gasteiger partial charge in [-0.25, -0.2) is 0 Å². The molecule has 0 spiro atoms. The Kier molecular flexibility index (Phi) is 4.59. The number of rotatable bonds is 3. The first-order valence-electron chi connectivity index (χ1n) is 9.17. The molecular formula is C22H22N2O3. The molecule has 0 radical (unpaired) electrons. The second kappa shape index (κ2) is 7.05. The van der Waals surface area contributed by atoms with Crippen molar-refractivity contribution < 1.29 is 14.6 Å². The Bertz CT molecular complexity index is 928. The third kappa shape index (κ3) is 3.07. The number of hydrogen-bond acceptors (Lipinski definition) is 5. The molecule has 138 valence electrons. The lowest BCUT2D eigenvalue weighted by Crippen LogP contribution is -2.34. The molecule has 1 aliphatic carbocycles. The predicted octanol–water partition coefficient (Wildman–Crippen LogP) is 3.42. The maximum atomic E-state index is 10.2. The van der Waals surface area contributed by atoms with Crippen LogP contribution in [-0.4, -0.2) is 37.2 Å². The van der Waals surface area contributed by atoms with Gasteiger partial charge in [-0.2, -0.15) is 5.26 Å². The molecule has 5 nitrogen and oxygen atoms in total. The Morgan fingerprint density at radius 1 is 1.07 bits per heavy atom. The molecule has 1 heterocycles. The fourth-order valence-corrected chi connectivity index (χ4v) is 4.20. The summed E-state index contributed by atoms with van der Waals surface area (Å²) in [7, 11) is 3.26. The molecule has 0 bridgehead atoms. The molecule has 1 N–H and O–H groups in total. The molecule has 2 aliphatic rings. The van der Waals surface area contributed by atoms with Crippen molar-refractivity contribution in [3.05, 3.63) is 58.7 Å². The van der Waals surface area contributed by atoms with Crippen LogP contribution in [0.4, 0.5) is 0 Å². The molecule has 0 amide bonds. The first-order valence-corrected chi connectivity index (χ1v) is 9.17. The Morgan fingerprint density at radius 3 is 2.44 bits per heavy atom. The number of ether oxygens (including phenoxy) is 2. The molecule has 5 heteroatoms. The van der Waals surface area contributed by atoms with Gasteiger partial charge in [0, 0.05) is 17.0 Å². The Balaban J connectivity index is 1.88. The van der Waals surface area contributed by atoms with E-state index in [9.17, 15) is 5.11 Å². The highest BCUT2D eigenvalue weighted by atomic mass is 16.5. The molecule has 2 aromatic carbocycles. The van der Waals surface area contributed by atoms with Crippen molar-refractivity contribution in [3.8, 4) is 17.6 Å².